The van der Waals surface area contributed by atoms with Crippen molar-refractivity contribution in [1.29, 1.82) is 0 Å². The van der Waals surface area contributed by atoms with Gasteiger partial charge in [0.15, 0.2) is 16.7 Å². The van der Waals surface area contributed by atoms with Crippen LogP contribution in [-0.2, 0) is 9.59 Å². The van der Waals surface area contributed by atoms with E-state index in [1.54, 1.807) is 25.3 Å². The number of amidine groups is 1. The van der Waals surface area contributed by atoms with Crippen molar-refractivity contribution in [2.45, 2.75) is 26.9 Å². The molecule has 0 atom stereocenters. The fourth-order valence-corrected chi connectivity index (χ4v) is 2.67. The first-order valence-corrected chi connectivity index (χ1v) is 8.10. The summed E-state index contributed by atoms with van der Waals surface area (Å²) in [5.41, 5.74) is 3.08. The van der Waals surface area contributed by atoms with E-state index in [1.165, 1.54) is 6.92 Å². The zero-order valence-electron chi connectivity index (χ0n) is 13.9. The third-order valence-corrected chi connectivity index (χ3v) is 3.72. The van der Waals surface area contributed by atoms with E-state index >= 15 is 0 Å². The van der Waals surface area contributed by atoms with Gasteiger partial charge in [-0.2, -0.15) is 0 Å². The van der Waals surface area contributed by atoms with Crippen molar-refractivity contribution in [1.82, 2.24) is 10.7 Å². The molecule has 1 aromatic carbocycles. The van der Waals surface area contributed by atoms with Crippen molar-refractivity contribution in [3.8, 4) is 11.5 Å². The molecule has 0 bridgehead atoms. The fraction of sp³-hybridized carbons (Fsp3) is 0.312. The second-order valence-corrected chi connectivity index (χ2v) is 6.26. The van der Waals surface area contributed by atoms with Crippen LogP contribution in [0.4, 0.5) is 0 Å². The number of ether oxygens (including phenoxy) is 2. The number of carbonyl (C=O) groups is 2. The van der Waals surface area contributed by atoms with Crippen LogP contribution in [-0.4, -0.2) is 30.2 Å². The number of hydrazone groups is 1. The van der Waals surface area contributed by atoms with Crippen LogP contribution in [0.1, 0.15) is 26.3 Å². The zero-order valence-corrected chi connectivity index (χ0v) is 14.7. The Labute approximate surface area is 144 Å². The largest absolute Gasteiger partial charge is 0.493 e. The SMILES string of the molecule is COc1cc(C=C2S/C(=N\NC(C)=O)NC2=O)ccc1OC(C)C. The molecule has 2 N–H and O–H groups in total. The highest BCUT2D eigenvalue weighted by atomic mass is 32.2. The number of rotatable bonds is 5. The van der Waals surface area contributed by atoms with Crippen molar-refractivity contribution in [2.75, 3.05) is 7.11 Å². The van der Waals surface area contributed by atoms with Crippen LogP contribution in [0.5, 0.6) is 11.5 Å². The number of nitrogens with zero attached hydrogens (tertiary/aromatic N) is 1. The molecule has 1 fully saturated rings. The van der Waals surface area contributed by atoms with Crippen molar-refractivity contribution >= 4 is 34.8 Å². The van der Waals surface area contributed by atoms with Gasteiger partial charge in [0.05, 0.1) is 18.1 Å². The van der Waals surface area contributed by atoms with E-state index in [9.17, 15) is 9.59 Å². The van der Waals surface area contributed by atoms with Crippen LogP contribution in [0.15, 0.2) is 28.2 Å². The van der Waals surface area contributed by atoms with E-state index in [0.29, 0.717) is 21.6 Å². The summed E-state index contributed by atoms with van der Waals surface area (Å²) in [5.74, 6) is 0.658. The molecule has 0 aliphatic carbocycles. The molecule has 1 heterocycles. The predicted octanol–water partition coefficient (Wildman–Crippen LogP) is 2.09. The Morgan fingerprint density at radius 3 is 2.75 bits per heavy atom. The van der Waals surface area contributed by atoms with Crippen LogP contribution >= 0.6 is 11.8 Å². The van der Waals surface area contributed by atoms with Gasteiger partial charge < -0.3 is 9.47 Å². The third kappa shape index (κ3) is 4.76. The van der Waals surface area contributed by atoms with Crippen LogP contribution in [0, 0.1) is 0 Å². The third-order valence-electron chi connectivity index (χ3n) is 2.81. The van der Waals surface area contributed by atoms with Crippen molar-refractivity contribution in [2.24, 2.45) is 5.10 Å². The number of amides is 2. The summed E-state index contributed by atoms with van der Waals surface area (Å²) in [5, 5.41) is 6.72. The summed E-state index contributed by atoms with van der Waals surface area (Å²) in [6, 6.07) is 5.43. The van der Waals surface area contributed by atoms with Gasteiger partial charge in [-0.3, -0.25) is 14.9 Å². The number of benzene rings is 1. The highest BCUT2D eigenvalue weighted by Gasteiger charge is 2.24. The van der Waals surface area contributed by atoms with Crippen molar-refractivity contribution < 1.29 is 19.1 Å². The van der Waals surface area contributed by atoms with E-state index < -0.39 is 0 Å². The highest BCUT2D eigenvalue weighted by Crippen LogP contribution is 2.32. The van der Waals surface area contributed by atoms with Gasteiger partial charge >= 0.3 is 0 Å². The monoisotopic (exact) mass is 349 g/mol. The van der Waals surface area contributed by atoms with Gasteiger partial charge in [-0.05, 0) is 49.4 Å². The summed E-state index contributed by atoms with van der Waals surface area (Å²) in [6.07, 6.45) is 1.75. The fourth-order valence-electron chi connectivity index (χ4n) is 1.89. The second-order valence-electron chi connectivity index (χ2n) is 5.23. The van der Waals surface area contributed by atoms with E-state index in [2.05, 4.69) is 15.8 Å². The van der Waals surface area contributed by atoms with Gasteiger partial charge in [-0.25, -0.2) is 5.43 Å². The van der Waals surface area contributed by atoms with Gasteiger partial charge in [0.1, 0.15) is 0 Å². The number of nitrogens with one attached hydrogen (secondary N) is 2. The zero-order chi connectivity index (χ0) is 17.7. The van der Waals surface area contributed by atoms with Gasteiger partial charge in [0.25, 0.3) is 5.91 Å². The second kappa shape index (κ2) is 7.87. The average molecular weight is 349 g/mol. The molecule has 0 radical (unpaired) electrons. The van der Waals surface area contributed by atoms with Gasteiger partial charge in [0, 0.05) is 6.92 Å². The Bertz CT molecular complexity index is 713. The van der Waals surface area contributed by atoms with Gasteiger partial charge in [-0.1, -0.05) is 6.07 Å². The predicted molar refractivity (Wildman–Crippen MR) is 93.7 cm³/mol. The summed E-state index contributed by atoms with van der Waals surface area (Å²) < 4.78 is 11.0. The molecule has 7 nitrogen and oxygen atoms in total. The maximum absolute atomic E-state index is 12.0. The van der Waals surface area contributed by atoms with Crippen molar-refractivity contribution in [3.05, 3.63) is 28.7 Å². The molecule has 0 unspecified atom stereocenters. The molecule has 0 aromatic heterocycles. The molecule has 1 aliphatic rings. The number of thioether (sulfide) groups is 1. The molecular weight excluding hydrogens is 330 g/mol. The number of methoxy groups -OCH3 is 1. The maximum atomic E-state index is 12.0. The number of hydrogen-bond acceptors (Lipinski definition) is 6. The molecule has 8 heteroatoms. The lowest BCUT2D eigenvalue weighted by molar-refractivity contribution is -0.119. The normalized spacial score (nSPS) is 17.3. The van der Waals surface area contributed by atoms with Crippen LogP contribution in [0.2, 0.25) is 0 Å². The molecule has 1 saturated heterocycles. The molecule has 2 amide bonds. The molecular formula is C16H19N3O4S. The summed E-state index contributed by atoms with van der Waals surface area (Å²) in [6.45, 7) is 5.21. The molecule has 0 saturated carbocycles. The number of carbonyl (C=O) groups excluding carboxylic acids is 2. The Morgan fingerprint density at radius 2 is 2.12 bits per heavy atom. The minimum Gasteiger partial charge on any atom is -0.493 e. The lowest BCUT2D eigenvalue weighted by Gasteiger charge is -2.13. The van der Waals surface area contributed by atoms with E-state index in [4.69, 9.17) is 9.47 Å². The van der Waals surface area contributed by atoms with E-state index in [-0.39, 0.29) is 17.9 Å². The lowest BCUT2D eigenvalue weighted by atomic mass is 10.2. The molecule has 24 heavy (non-hydrogen) atoms. The summed E-state index contributed by atoms with van der Waals surface area (Å²) in [7, 11) is 1.56. The Hall–Kier alpha value is -2.48. The van der Waals surface area contributed by atoms with Gasteiger partial charge in [0.2, 0.25) is 5.91 Å². The standard InChI is InChI=1S/C16H19N3O4S/c1-9(2)23-12-6-5-11(7-13(12)22-4)8-14-15(21)17-16(24-14)19-18-10(3)20/h5-9H,1-4H3,(H,18,20)(H,17,19,21). The van der Waals surface area contributed by atoms with Crippen LogP contribution in [0.3, 0.4) is 0 Å². The Morgan fingerprint density at radius 1 is 1.38 bits per heavy atom. The smallest absolute Gasteiger partial charge is 0.264 e. The quantitative estimate of drug-likeness (QED) is 0.628. The maximum Gasteiger partial charge on any atom is 0.264 e. The van der Waals surface area contributed by atoms with Crippen LogP contribution in [0.25, 0.3) is 6.08 Å². The first-order valence-electron chi connectivity index (χ1n) is 7.29. The molecule has 128 valence electrons. The number of hydrogen-bond donors (Lipinski definition) is 2. The van der Waals surface area contributed by atoms with Crippen LogP contribution < -0.4 is 20.2 Å². The average Bonchev–Trinajstić information content (AvgIpc) is 2.86. The molecule has 1 aliphatic heterocycles. The first kappa shape index (κ1) is 17.9. The molecule has 2 rings (SSSR count). The van der Waals surface area contributed by atoms with E-state index in [1.807, 2.05) is 19.9 Å². The Kier molecular flexibility index (Phi) is 5.86. The first-order chi connectivity index (χ1) is 11.4. The van der Waals surface area contributed by atoms with Crippen molar-refractivity contribution in [3.63, 3.8) is 0 Å². The minimum atomic E-state index is -0.305. The highest BCUT2D eigenvalue weighted by molar-refractivity contribution is 8.18. The molecule has 1 aromatic rings. The topological polar surface area (TPSA) is 89.0 Å². The minimum absolute atomic E-state index is 0.0341. The van der Waals surface area contributed by atoms with E-state index in [0.717, 1.165) is 17.3 Å². The lowest BCUT2D eigenvalue weighted by Crippen LogP contribution is -2.23. The molecule has 0 spiro atoms. The van der Waals surface area contributed by atoms with Gasteiger partial charge in [-0.15, -0.1) is 5.10 Å². The Balaban J connectivity index is 2.20. The summed E-state index contributed by atoms with van der Waals surface area (Å²) >= 11 is 1.15. The summed E-state index contributed by atoms with van der Waals surface area (Å²) in [4.78, 5) is 23.3.